The van der Waals surface area contributed by atoms with Crippen LogP contribution in [0.4, 0.5) is 4.39 Å². The summed E-state index contributed by atoms with van der Waals surface area (Å²) in [7, 11) is 1.53. The molecule has 0 aliphatic rings. The molecule has 0 aliphatic carbocycles. The lowest BCUT2D eigenvalue weighted by Crippen LogP contribution is -2.29. The van der Waals surface area contributed by atoms with Gasteiger partial charge in [0.25, 0.3) is 0 Å². The van der Waals surface area contributed by atoms with Gasteiger partial charge in [0.15, 0.2) is 0 Å². The van der Waals surface area contributed by atoms with E-state index in [0.29, 0.717) is 17.7 Å². The summed E-state index contributed by atoms with van der Waals surface area (Å²) in [6, 6.07) is 8.61. The fourth-order valence-electron chi connectivity index (χ4n) is 2.09. The Morgan fingerprint density at radius 1 is 1.37 bits per heavy atom. The first kappa shape index (κ1) is 14.0. The third-order valence-electron chi connectivity index (χ3n) is 3.04. The smallest absolute Gasteiger partial charge is 0.131 e. The average molecular weight is 280 g/mol. The van der Waals surface area contributed by atoms with Crippen molar-refractivity contribution in [3.05, 3.63) is 52.0 Å². The summed E-state index contributed by atoms with van der Waals surface area (Å²) in [6.45, 7) is 0. The fraction of sp³-hybridized carbons (Fsp3) is 0.286. The van der Waals surface area contributed by atoms with Crippen LogP contribution in [0.15, 0.2) is 35.7 Å². The van der Waals surface area contributed by atoms with E-state index in [-0.39, 0.29) is 11.9 Å². The topological polar surface area (TPSA) is 47.3 Å². The normalized spacial score (nSPS) is 12.4. The summed E-state index contributed by atoms with van der Waals surface area (Å²) in [5, 5.41) is 2.03. The van der Waals surface area contributed by atoms with Crippen LogP contribution in [0.2, 0.25) is 0 Å². The summed E-state index contributed by atoms with van der Waals surface area (Å²) < 4.78 is 19.2. The molecule has 1 aromatic carbocycles. The number of hydrogen-bond donors (Lipinski definition) is 2. The van der Waals surface area contributed by atoms with Crippen molar-refractivity contribution in [2.75, 3.05) is 7.11 Å². The second-order valence-corrected chi connectivity index (χ2v) is 5.23. The van der Waals surface area contributed by atoms with Crippen LogP contribution in [0.25, 0.3) is 0 Å². The van der Waals surface area contributed by atoms with E-state index in [1.165, 1.54) is 18.1 Å². The lowest BCUT2D eigenvalue weighted by Gasteiger charge is -2.19. The van der Waals surface area contributed by atoms with Gasteiger partial charge in [-0.2, -0.15) is 0 Å². The van der Waals surface area contributed by atoms with Crippen molar-refractivity contribution in [2.45, 2.75) is 18.9 Å². The van der Waals surface area contributed by atoms with Crippen molar-refractivity contribution in [2.24, 2.45) is 5.84 Å². The number of methoxy groups -OCH3 is 1. The molecular formula is C14H17FN2OS. The summed E-state index contributed by atoms with van der Waals surface area (Å²) in [6.07, 6.45) is 1.57. The highest BCUT2D eigenvalue weighted by atomic mass is 32.1. The average Bonchev–Trinajstić information content (AvgIpc) is 2.94. The predicted molar refractivity (Wildman–Crippen MR) is 75.7 cm³/mol. The van der Waals surface area contributed by atoms with E-state index in [9.17, 15) is 4.39 Å². The van der Waals surface area contributed by atoms with E-state index in [4.69, 9.17) is 10.6 Å². The van der Waals surface area contributed by atoms with E-state index < -0.39 is 0 Å². The van der Waals surface area contributed by atoms with Crippen LogP contribution >= 0.6 is 11.3 Å². The van der Waals surface area contributed by atoms with Gasteiger partial charge in [0.05, 0.1) is 13.2 Å². The predicted octanol–water partition coefficient (Wildman–Crippen LogP) is 3.03. The second-order valence-electron chi connectivity index (χ2n) is 4.19. The minimum Gasteiger partial charge on any atom is -0.496 e. The molecule has 1 atom stereocenters. The van der Waals surface area contributed by atoms with E-state index in [1.807, 2.05) is 11.4 Å². The lowest BCUT2D eigenvalue weighted by atomic mass is 10.0. The second kappa shape index (κ2) is 6.65. The maximum absolute atomic E-state index is 14.0. The number of rotatable bonds is 6. The number of hydrogen-bond acceptors (Lipinski definition) is 4. The molecule has 0 saturated heterocycles. The van der Waals surface area contributed by atoms with Crippen molar-refractivity contribution < 1.29 is 9.13 Å². The van der Waals surface area contributed by atoms with Crippen LogP contribution in [0, 0.1) is 5.82 Å². The van der Waals surface area contributed by atoms with Gasteiger partial charge in [-0.1, -0.05) is 12.1 Å². The minimum absolute atomic E-state index is 0.266. The SMILES string of the molecule is COc1cccc(F)c1C(CCc1cccs1)NN. The molecule has 0 fully saturated rings. The van der Waals surface area contributed by atoms with Gasteiger partial charge in [-0.3, -0.25) is 11.3 Å². The molecule has 102 valence electrons. The number of benzene rings is 1. The molecule has 0 aliphatic heterocycles. The number of ether oxygens (including phenoxy) is 1. The van der Waals surface area contributed by atoms with Gasteiger partial charge in [0.1, 0.15) is 11.6 Å². The number of nitrogens with two attached hydrogens (primary N) is 1. The Kier molecular flexibility index (Phi) is 4.90. The number of aryl methyl sites for hydroxylation is 1. The van der Waals surface area contributed by atoms with Gasteiger partial charge < -0.3 is 4.74 Å². The molecule has 0 amide bonds. The summed E-state index contributed by atoms with van der Waals surface area (Å²) in [5.41, 5.74) is 3.17. The van der Waals surface area contributed by atoms with Gasteiger partial charge >= 0.3 is 0 Å². The van der Waals surface area contributed by atoms with Crippen molar-refractivity contribution >= 4 is 11.3 Å². The van der Waals surface area contributed by atoms with Crippen molar-refractivity contribution in [3.63, 3.8) is 0 Å². The Hall–Kier alpha value is -1.43. The molecular weight excluding hydrogens is 263 g/mol. The molecule has 1 heterocycles. The van der Waals surface area contributed by atoms with E-state index in [0.717, 1.165) is 6.42 Å². The Morgan fingerprint density at radius 2 is 2.21 bits per heavy atom. The first-order valence-electron chi connectivity index (χ1n) is 6.07. The van der Waals surface area contributed by atoms with Gasteiger partial charge in [-0.25, -0.2) is 4.39 Å². The third kappa shape index (κ3) is 3.32. The van der Waals surface area contributed by atoms with Gasteiger partial charge in [-0.05, 0) is 36.4 Å². The van der Waals surface area contributed by atoms with Crippen molar-refractivity contribution in [3.8, 4) is 5.75 Å². The maximum Gasteiger partial charge on any atom is 0.131 e. The Morgan fingerprint density at radius 3 is 2.84 bits per heavy atom. The molecule has 1 unspecified atom stereocenters. The Bertz CT molecular complexity index is 516. The molecule has 0 radical (unpaired) electrons. The molecule has 0 bridgehead atoms. The third-order valence-corrected chi connectivity index (χ3v) is 3.98. The molecule has 0 spiro atoms. The standard InChI is InChI=1S/C14H17FN2OS/c1-18-13-6-2-5-11(15)14(13)12(17-16)8-7-10-4-3-9-19-10/h2-6,9,12,17H,7-8,16H2,1H3. The molecule has 2 rings (SSSR count). The number of thiophene rings is 1. The number of halogens is 1. The highest BCUT2D eigenvalue weighted by Gasteiger charge is 2.19. The fourth-order valence-corrected chi connectivity index (χ4v) is 2.81. The first-order chi connectivity index (χ1) is 9.26. The van der Waals surface area contributed by atoms with Crippen LogP contribution < -0.4 is 16.0 Å². The highest BCUT2D eigenvalue weighted by Crippen LogP contribution is 2.30. The van der Waals surface area contributed by atoms with Crippen LogP contribution in [0.3, 0.4) is 0 Å². The molecule has 3 nitrogen and oxygen atoms in total. The zero-order valence-electron chi connectivity index (χ0n) is 10.7. The number of nitrogens with one attached hydrogen (secondary N) is 1. The van der Waals surface area contributed by atoms with Crippen LogP contribution in [0.1, 0.15) is 22.9 Å². The van der Waals surface area contributed by atoms with E-state index >= 15 is 0 Å². The van der Waals surface area contributed by atoms with Crippen molar-refractivity contribution in [1.29, 1.82) is 0 Å². The van der Waals surface area contributed by atoms with E-state index in [1.54, 1.807) is 23.5 Å². The zero-order chi connectivity index (χ0) is 13.7. The summed E-state index contributed by atoms with van der Waals surface area (Å²) in [4.78, 5) is 1.26. The lowest BCUT2D eigenvalue weighted by molar-refractivity contribution is 0.386. The molecule has 1 aromatic heterocycles. The molecule has 2 aromatic rings. The Labute approximate surface area is 116 Å². The largest absolute Gasteiger partial charge is 0.496 e. The van der Waals surface area contributed by atoms with Crippen molar-refractivity contribution in [1.82, 2.24) is 5.43 Å². The highest BCUT2D eigenvalue weighted by molar-refractivity contribution is 7.09. The molecule has 3 N–H and O–H groups in total. The van der Waals surface area contributed by atoms with Crippen LogP contribution in [-0.4, -0.2) is 7.11 Å². The molecule has 0 saturated carbocycles. The van der Waals surface area contributed by atoms with Gasteiger partial charge in [-0.15, -0.1) is 11.3 Å². The van der Waals surface area contributed by atoms with Gasteiger partial charge in [0.2, 0.25) is 0 Å². The minimum atomic E-state index is -0.298. The number of hydrazine groups is 1. The van der Waals surface area contributed by atoms with Gasteiger partial charge in [0, 0.05) is 10.4 Å². The molecule has 19 heavy (non-hydrogen) atoms. The Balaban J connectivity index is 2.17. The zero-order valence-corrected chi connectivity index (χ0v) is 11.5. The van der Waals surface area contributed by atoms with E-state index in [2.05, 4.69) is 11.5 Å². The molecule has 5 heteroatoms. The summed E-state index contributed by atoms with van der Waals surface area (Å²) >= 11 is 1.69. The first-order valence-corrected chi connectivity index (χ1v) is 6.95. The quantitative estimate of drug-likeness (QED) is 0.631. The monoisotopic (exact) mass is 280 g/mol. The maximum atomic E-state index is 14.0. The van der Waals surface area contributed by atoms with Crippen LogP contribution in [0.5, 0.6) is 5.75 Å². The van der Waals surface area contributed by atoms with Crippen LogP contribution in [-0.2, 0) is 6.42 Å². The summed E-state index contributed by atoms with van der Waals surface area (Å²) in [5.74, 6) is 5.79.